The van der Waals surface area contributed by atoms with Crippen LogP contribution in [0, 0.1) is 0 Å². The summed E-state index contributed by atoms with van der Waals surface area (Å²) in [5.74, 6) is 0.770. The lowest BCUT2D eigenvalue weighted by molar-refractivity contribution is 0.144. The van der Waals surface area contributed by atoms with E-state index in [1.54, 1.807) is 11.0 Å². The van der Waals surface area contributed by atoms with E-state index < -0.39 is 0 Å². The fourth-order valence-corrected chi connectivity index (χ4v) is 3.83. The molecule has 0 radical (unpaired) electrons. The maximum Gasteiger partial charge on any atom is 0.181 e. The van der Waals surface area contributed by atoms with Crippen molar-refractivity contribution < 1.29 is 0 Å². The summed E-state index contributed by atoms with van der Waals surface area (Å²) in [7, 11) is 1.89. The van der Waals surface area contributed by atoms with Crippen molar-refractivity contribution in [2.45, 2.75) is 38.4 Å². The first-order valence-corrected chi connectivity index (χ1v) is 9.68. The number of piperidine rings is 1. The van der Waals surface area contributed by atoms with Gasteiger partial charge in [0.15, 0.2) is 5.82 Å². The van der Waals surface area contributed by atoms with Crippen molar-refractivity contribution in [2.75, 3.05) is 11.9 Å². The predicted molar refractivity (Wildman–Crippen MR) is 109 cm³/mol. The van der Waals surface area contributed by atoms with Crippen LogP contribution in [0.15, 0.2) is 60.9 Å². The molecule has 140 valence electrons. The van der Waals surface area contributed by atoms with Gasteiger partial charge in [-0.1, -0.05) is 30.3 Å². The van der Waals surface area contributed by atoms with Gasteiger partial charge in [0.2, 0.25) is 0 Å². The first-order chi connectivity index (χ1) is 13.2. The van der Waals surface area contributed by atoms with Gasteiger partial charge in [-0.3, -0.25) is 9.58 Å². The third-order valence-electron chi connectivity index (χ3n) is 5.36. The zero-order valence-electron chi connectivity index (χ0n) is 16.0. The molecule has 3 aromatic rings. The number of nitrogens with one attached hydrogen (secondary N) is 1. The Balaban J connectivity index is 1.33. The van der Waals surface area contributed by atoms with E-state index >= 15 is 0 Å². The van der Waals surface area contributed by atoms with Crippen molar-refractivity contribution in [3.05, 3.63) is 66.5 Å². The minimum atomic E-state index is 0.519. The average Bonchev–Trinajstić information content (AvgIpc) is 3.12. The Bertz CT molecular complexity index is 856. The van der Waals surface area contributed by atoms with Crippen molar-refractivity contribution in [2.24, 2.45) is 7.05 Å². The molecule has 1 saturated heterocycles. The topological polar surface area (TPSA) is 46.0 Å². The molecular weight excluding hydrogens is 334 g/mol. The quantitative estimate of drug-likeness (QED) is 0.747. The van der Waals surface area contributed by atoms with Gasteiger partial charge in [0.25, 0.3) is 0 Å². The Morgan fingerprint density at radius 2 is 1.85 bits per heavy atom. The van der Waals surface area contributed by atoms with Gasteiger partial charge in [0.1, 0.15) is 6.33 Å². The van der Waals surface area contributed by atoms with Crippen LogP contribution in [0.1, 0.15) is 25.3 Å². The number of benzene rings is 2. The number of aromatic nitrogens is 3. The summed E-state index contributed by atoms with van der Waals surface area (Å²) in [5.41, 5.74) is 3.62. The lowest BCUT2D eigenvalue weighted by Gasteiger charge is -2.38. The molecule has 0 saturated carbocycles. The number of likely N-dealkylation sites (tertiary alicyclic amines) is 1. The molecule has 0 aliphatic carbocycles. The molecule has 5 nitrogen and oxygen atoms in total. The van der Waals surface area contributed by atoms with Crippen LogP contribution in [0.2, 0.25) is 0 Å². The molecular formula is C22H27N5. The Morgan fingerprint density at radius 3 is 2.52 bits per heavy atom. The molecule has 1 aromatic heterocycles. The van der Waals surface area contributed by atoms with Crippen LogP contribution in [0.25, 0.3) is 11.4 Å². The number of hydrogen-bond acceptors (Lipinski definition) is 4. The Labute approximate surface area is 161 Å². The molecule has 2 aromatic carbocycles. The minimum Gasteiger partial charge on any atom is -0.382 e. The van der Waals surface area contributed by atoms with Crippen LogP contribution in [-0.2, 0) is 13.6 Å². The zero-order valence-corrected chi connectivity index (χ0v) is 16.0. The third-order valence-corrected chi connectivity index (χ3v) is 5.36. The summed E-state index contributed by atoms with van der Waals surface area (Å²) < 4.78 is 1.73. The molecule has 2 unspecified atom stereocenters. The maximum atomic E-state index is 4.36. The monoisotopic (exact) mass is 361 g/mol. The molecule has 1 aliphatic rings. The lowest BCUT2D eigenvalue weighted by Crippen LogP contribution is -2.44. The van der Waals surface area contributed by atoms with Crippen molar-refractivity contribution >= 4 is 5.69 Å². The highest BCUT2D eigenvalue weighted by Gasteiger charge is 2.25. The molecule has 2 heterocycles. The highest BCUT2D eigenvalue weighted by molar-refractivity contribution is 5.59. The van der Waals surface area contributed by atoms with E-state index in [4.69, 9.17) is 0 Å². The molecule has 1 aliphatic heterocycles. The summed E-state index contributed by atoms with van der Waals surface area (Å²) >= 11 is 0. The minimum absolute atomic E-state index is 0.519. The smallest absolute Gasteiger partial charge is 0.181 e. The molecule has 27 heavy (non-hydrogen) atoms. The standard InChI is InChI=1S/C22H27N5/c1-17-14-21(12-13-27(17)15-18-6-4-3-5-7-18)24-20-10-8-19(9-11-20)22-23-16-26(2)25-22/h3-11,16-17,21,24H,12-15H2,1-2H3. The van der Waals surface area contributed by atoms with E-state index in [0.29, 0.717) is 12.1 Å². The van der Waals surface area contributed by atoms with Gasteiger partial charge in [-0.15, -0.1) is 0 Å². The second-order valence-electron chi connectivity index (χ2n) is 7.49. The highest BCUT2D eigenvalue weighted by atomic mass is 15.3. The van der Waals surface area contributed by atoms with Crippen LogP contribution >= 0.6 is 0 Å². The molecule has 4 rings (SSSR count). The second kappa shape index (κ2) is 7.92. The molecule has 0 spiro atoms. The van der Waals surface area contributed by atoms with E-state index in [0.717, 1.165) is 30.9 Å². The first-order valence-electron chi connectivity index (χ1n) is 9.68. The summed E-state index contributed by atoms with van der Waals surface area (Å²) in [5, 5.41) is 8.07. The summed E-state index contributed by atoms with van der Waals surface area (Å²) in [6.45, 7) is 4.51. The SMILES string of the molecule is CC1CC(Nc2ccc(-c3ncn(C)n3)cc2)CCN1Cc1ccccc1. The number of nitrogens with zero attached hydrogens (tertiary/aromatic N) is 4. The van der Waals surface area contributed by atoms with Gasteiger partial charge in [0.05, 0.1) is 0 Å². The van der Waals surface area contributed by atoms with Crippen LogP contribution in [0.3, 0.4) is 0 Å². The normalized spacial score (nSPS) is 20.5. The molecule has 0 bridgehead atoms. The average molecular weight is 361 g/mol. The fraction of sp³-hybridized carbons (Fsp3) is 0.364. The predicted octanol–water partition coefficient (Wildman–Crippen LogP) is 3.95. The molecule has 5 heteroatoms. The van der Waals surface area contributed by atoms with Crippen LogP contribution < -0.4 is 5.32 Å². The van der Waals surface area contributed by atoms with Gasteiger partial charge in [0, 0.05) is 43.5 Å². The number of aryl methyl sites for hydroxylation is 1. The van der Waals surface area contributed by atoms with Crippen molar-refractivity contribution in [3.63, 3.8) is 0 Å². The van der Waals surface area contributed by atoms with Gasteiger partial charge in [-0.25, -0.2) is 4.98 Å². The number of rotatable bonds is 5. The van der Waals surface area contributed by atoms with Gasteiger partial charge < -0.3 is 5.32 Å². The highest BCUT2D eigenvalue weighted by Crippen LogP contribution is 2.24. The van der Waals surface area contributed by atoms with Crippen molar-refractivity contribution in [1.82, 2.24) is 19.7 Å². The zero-order chi connectivity index (χ0) is 18.6. The van der Waals surface area contributed by atoms with Gasteiger partial charge in [-0.2, -0.15) is 5.10 Å². The van der Waals surface area contributed by atoms with Gasteiger partial charge >= 0.3 is 0 Å². The van der Waals surface area contributed by atoms with Gasteiger partial charge in [-0.05, 0) is 49.6 Å². The third kappa shape index (κ3) is 4.37. The molecule has 1 fully saturated rings. The Kier molecular flexibility index (Phi) is 5.21. The summed E-state index contributed by atoms with van der Waals surface area (Å²) in [6, 6.07) is 20.3. The fourth-order valence-electron chi connectivity index (χ4n) is 3.83. The largest absolute Gasteiger partial charge is 0.382 e. The summed E-state index contributed by atoms with van der Waals surface area (Å²) in [6.07, 6.45) is 4.06. The molecule has 1 N–H and O–H groups in total. The first kappa shape index (κ1) is 17.7. The Morgan fingerprint density at radius 1 is 1.07 bits per heavy atom. The molecule has 0 amide bonds. The van der Waals surface area contributed by atoms with E-state index in [-0.39, 0.29) is 0 Å². The summed E-state index contributed by atoms with van der Waals surface area (Å²) in [4.78, 5) is 6.90. The van der Waals surface area contributed by atoms with E-state index in [1.807, 2.05) is 7.05 Å². The van der Waals surface area contributed by atoms with Crippen LogP contribution in [-0.4, -0.2) is 38.3 Å². The number of anilines is 1. The van der Waals surface area contributed by atoms with Crippen molar-refractivity contribution in [3.8, 4) is 11.4 Å². The second-order valence-corrected chi connectivity index (χ2v) is 7.49. The van der Waals surface area contributed by atoms with Crippen molar-refractivity contribution in [1.29, 1.82) is 0 Å². The maximum absolute atomic E-state index is 4.36. The van der Waals surface area contributed by atoms with E-state index in [1.165, 1.54) is 17.7 Å². The van der Waals surface area contributed by atoms with E-state index in [9.17, 15) is 0 Å². The molecule has 2 atom stereocenters. The van der Waals surface area contributed by atoms with E-state index in [2.05, 4.69) is 81.8 Å². The van der Waals surface area contributed by atoms with Crippen LogP contribution in [0.5, 0.6) is 0 Å². The Hall–Kier alpha value is -2.66. The van der Waals surface area contributed by atoms with Crippen LogP contribution in [0.4, 0.5) is 5.69 Å². The number of hydrogen-bond donors (Lipinski definition) is 1. The lowest BCUT2D eigenvalue weighted by atomic mass is 9.97.